The van der Waals surface area contributed by atoms with E-state index < -0.39 is 5.54 Å². The van der Waals surface area contributed by atoms with Crippen molar-refractivity contribution in [2.24, 2.45) is 5.73 Å². The van der Waals surface area contributed by atoms with Gasteiger partial charge in [-0.3, -0.25) is 4.79 Å². The zero-order valence-electron chi connectivity index (χ0n) is 13.4. The van der Waals surface area contributed by atoms with E-state index in [0.29, 0.717) is 0 Å². The monoisotopic (exact) mass is 375 g/mol. The van der Waals surface area contributed by atoms with Gasteiger partial charge < -0.3 is 11.1 Å². The molecule has 0 fully saturated rings. The molecule has 0 bridgehead atoms. The topological polar surface area (TPSA) is 68.0 Å². The van der Waals surface area contributed by atoms with Crippen molar-refractivity contribution in [3.05, 3.63) is 52.0 Å². The molecule has 0 spiro atoms. The van der Waals surface area contributed by atoms with Gasteiger partial charge in [0.2, 0.25) is 5.91 Å². The molecule has 4 nitrogen and oxygen atoms in total. The molecule has 0 radical (unpaired) electrons. The first-order valence-corrected chi connectivity index (χ1v) is 7.92. The maximum atomic E-state index is 12.5. The van der Waals surface area contributed by atoms with E-state index >= 15 is 0 Å². The van der Waals surface area contributed by atoms with Gasteiger partial charge >= 0.3 is 0 Å². The number of nitrogens with zero attached hydrogens (tertiary/aromatic N) is 1. The summed E-state index contributed by atoms with van der Waals surface area (Å²) in [6.07, 6.45) is 0.907. The van der Waals surface area contributed by atoms with Gasteiger partial charge in [0.25, 0.3) is 0 Å². The molecule has 0 aliphatic carbocycles. The van der Waals surface area contributed by atoms with E-state index in [2.05, 4.69) is 17.2 Å². The molecule has 128 valence electrons. The average molecular weight is 376 g/mol. The maximum absolute atomic E-state index is 12.5. The number of thiazole rings is 1. The lowest BCUT2D eigenvalue weighted by molar-refractivity contribution is -0.126. The van der Waals surface area contributed by atoms with Crippen molar-refractivity contribution in [1.82, 2.24) is 10.3 Å². The number of rotatable bonds is 5. The SMILES string of the molecule is CCc1nc(C(C)NC(=O)C(C)(N)c2ccccc2)cs1.Cl.Cl. The zero-order valence-corrected chi connectivity index (χ0v) is 15.9. The van der Waals surface area contributed by atoms with Gasteiger partial charge in [-0.2, -0.15) is 0 Å². The first kappa shape index (κ1) is 21.9. The Balaban J connectivity index is 0.00000242. The van der Waals surface area contributed by atoms with E-state index in [-0.39, 0.29) is 36.8 Å². The Morgan fingerprint density at radius 3 is 2.48 bits per heavy atom. The Morgan fingerprint density at radius 2 is 1.96 bits per heavy atom. The summed E-state index contributed by atoms with van der Waals surface area (Å²) in [6.45, 7) is 5.72. The Morgan fingerprint density at radius 1 is 1.35 bits per heavy atom. The van der Waals surface area contributed by atoms with E-state index in [1.165, 1.54) is 0 Å². The molecule has 1 aromatic heterocycles. The Bertz CT molecular complexity index is 617. The quantitative estimate of drug-likeness (QED) is 0.838. The van der Waals surface area contributed by atoms with Crippen LogP contribution in [0.2, 0.25) is 0 Å². The normalized spacial score (nSPS) is 13.9. The van der Waals surface area contributed by atoms with Crippen molar-refractivity contribution in [3.63, 3.8) is 0 Å². The number of amides is 1. The highest BCUT2D eigenvalue weighted by Crippen LogP contribution is 2.21. The average Bonchev–Trinajstić information content (AvgIpc) is 2.97. The van der Waals surface area contributed by atoms with E-state index in [0.717, 1.165) is 22.7 Å². The van der Waals surface area contributed by atoms with Gasteiger partial charge in [0.15, 0.2) is 0 Å². The Hall–Kier alpha value is -1.14. The van der Waals surface area contributed by atoms with E-state index in [9.17, 15) is 4.79 Å². The van der Waals surface area contributed by atoms with Crippen LogP contribution in [0.15, 0.2) is 35.7 Å². The summed E-state index contributed by atoms with van der Waals surface area (Å²) in [5.74, 6) is -0.202. The molecular formula is C16H23Cl2N3OS. The lowest BCUT2D eigenvalue weighted by Crippen LogP contribution is -2.49. The molecule has 0 saturated carbocycles. The van der Waals surface area contributed by atoms with Crippen molar-refractivity contribution >= 4 is 42.1 Å². The highest BCUT2D eigenvalue weighted by molar-refractivity contribution is 7.09. The Labute approximate surface area is 153 Å². The van der Waals surface area contributed by atoms with Crippen molar-refractivity contribution in [2.75, 3.05) is 0 Å². The first-order valence-electron chi connectivity index (χ1n) is 7.04. The van der Waals surface area contributed by atoms with Gasteiger partial charge in [-0.1, -0.05) is 37.3 Å². The number of carbonyl (C=O) groups excluding carboxylic acids is 1. The summed E-state index contributed by atoms with van der Waals surface area (Å²) in [4.78, 5) is 17.0. The van der Waals surface area contributed by atoms with Crippen LogP contribution in [0.25, 0.3) is 0 Å². The molecule has 2 atom stereocenters. The molecule has 2 aromatic rings. The molecule has 1 aromatic carbocycles. The third-order valence-corrected chi connectivity index (χ3v) is 4.52. The summed E-state index contributed by atoms with van der Waals surface area (Å²) in [6, 6.07) is 9.24. The van der Waals surface area contributed by atoms with Gasteiger partial charge in [-0.05, 0) is 25.8 Å². The minimum atomic E-state index is -1.06. The van der Waals surface area contributed by atoms with Crippen LogP contribution in [-0.2, 0) is 16.8 Å². The molecule has 1 amide bonds. The van der Waals surface area contributed by atoms with Crippen LogP contribution < -0.4 is 11.1 Å². The van der Waals surface area contributed by atoms with E-state index in [4.69, 9.17) is 5.73 Å². The standard InChI is InChI=1S/C16H21N3OS.2ClH/c1-4-14-19-13(10-21-14)11(2)18-15(20)16(3,17)12-8-6-5-7-9-12;;/h5-11H,4,17H2,1-3H3,(H,18,20);2*1H. The van der Waals surface area contributed by atoms with Gasteiger partial charge in [-0.15, -0.1) is 36.2 Å². The molecule has 1 heterocycles. The first-order chi connectivity index (χ1) is 9.95. The number of nitrogens with two attached hydrogens (primary N) is 1. The molecule has 0 saturated heterocycles. The van der Waals surface area contributed by atoms with Crippen LogP contribution >= 0.6 is 36.2 Å². The minimum Gasteiger partial charge on any atom is -0.346 e. The molecule has 2 rings (SSSR count). The molecule has 2 unspecified atom stereocenters. The zero-order chi connectivity index (χ0) is 15.5. The third kappa shape index (κ3) is 5.18. The molecule has 0 aliphatic heterocycles. The van der Waals surface area contributed by atoms with Gasteiger partial charge in [0.1, 0.15) is 5.54 Å². The largest absolute Gasteiger partial charge is 0.346 e. The van der Waals surface area contributed by atoms with Crippen molar-refractivity contribution < 1.29 is 4.79 Å². The smallest absolute Gasteiger partial charge is 0.244 e. The van der Waals surface area contributed by atoms with Gasteiger partial charge in [0, 0.05) is 5.38 Å². The number of carbonyl (C=O) groups is 1. The number of aryl methyl sites for hydroxylation is 1. The summed E-state index contributed by atoms with van der Waals surface area (Å²) in [5, 5.41) is 6.01. The lowest BCUT2D eigenvalue weighted by atomic mass is 9.92. The maximum Gasteiger partial charge on any atom is 0.244 e. The Kier molecular flexibility index (Phi) is 8.77. The van der Waals surface area contributed by atoms with Crippen LogP contribution in [0.4, 0.5) is 0 Å². The number of nitrogens with one attached hydrogen (secondary N) is 1. The third-order valence-electron chi connectivity index (χ3n) is 3.51. The fourth-order valence-corrected chi connectivity index (χ4v) is 2.86. The van der Waals surface area contributed by atoms with Crippen LogP contribution in [-0.4, -0.2) is 10.9 Å². The summed E-state index contributed by atoms with van der Waals surface area (Å²) in [5.41, 5.74) is 6.83. The number of benzene rings is 1. The number of hydrogen-bond acceptors (Lipinski definition) is 4. The van der Waals surface area contributed by atoms with Crippen LogP contribution in [0, 0.1) is 0 Å². The number of halogens is 2. The minimum absolute atomic E-state index is 0. The lowest BCUT2D eigenvalue weighted by Gasteiger charge is -2.26. The summed E-state index contributed by atoms with van der Waals surface area (Å²) < 4.78 is 0. The predicted octanol–water partition coefficient (Wildman–Crippen LogP) is 3.60. The fraction of sp³-hybridized carbons (Fsp3) is 0.375. The number of aromatic nitrogens is 1. The molecule has 3 N–H and O–H groups in total. The van der Waals surface area contributed by atoms with E-state index in [1.807, 2.05) is 42.6 Å². The van der Waals surface area contributed by atoms with Crippen LogP contribution in [0.5, 0.6) is 0 Å². The highest BCUT2D eigenvalue weighted by atomic mass is 35.5. The van der Waals surface area contributed by atoms with Gasteiger partial charge in [0.05, 0.1) is 16.7 Å². The molecule has 7 heteroatoms. The van der Waals surface area contributed by atoms with Gasteiger partial charge in [-0.25, -0.2) is 4.98 Å². The van der Waals surface area contributed by atoms with E-state index in [1.54, 1.807) is 18.3 Å². The van der Waals surface area contributed by atoms with Crippen molar-refractivity contribution in [1.29, 1.82) is 0 Å². The van der Waals surface area contributed by atoms with Crippen LogP contribution in [0.1, 0.15) is 43.1 Å². The van der Waals surface area contributed by atoms with Crippen LogP contribution in [0.3, 0.4) is 0 Å². The summed E-state index contributed by atoms with van der Waals surface area (Å²) in [7, 11) is 0. The number of hydrogen-bond donors (Lipinski definition) is 2. The second-order valence-corrected chi connectivity index (χ2v) is 6.23. The molecule has 23 heavy (non-hydrogen) atoms. The van der Waals surface area contributed by atoms with Crippen molar-refractivity contribution in [2.45, 2.75) is 38.8 Å². The molecular weight excluding hydrogens is 353 g/mol. The predicted molar refractivity (Wildman–Crippen MR) is 101 cm³/mol. The summed E-state index contributed by atoms with van der Waals surface area (Å²) >= 11 is 1.62. The second kappa shape index (κ2) is 9.23. The van der Waals surface area contributed by atoms with Crippen molar-refractivity contribution in [3.8, 4) is 0 Å². The molecule has 0 aliphatic rings. The fourth-order valence-electron chi connectivity index (χ4n) is 2.02. The highest BCUT2D eigenvalue weighted by Gasteiger charge is 2.31. The second-order valence-electron chi connectivity index (χ2n) is 5.28.